The fourth-order valence-electron chi connectivity index (χ4n) is 4.92. The van der Waals surface area contributed by atoms with Gasteiger partial charge in [-0.3, -0.25) is 0 Å². The van der Waals surface area contributed by atoms with E-state index in [4.69, 9.17) is 23.7 Å². The predicted molar refractivity (Wildman–Crippen MR) is 124 cm³/mol. The van der Waals surface area contributed by atoms with Gasteiger partial charge in [0.25, 0.3) is 0 Å². The Labute approximate surface area is 212 Å². The van der Waals surface area contributed by atoms with Gasteiger partial charge in [0.2, 0.25) is 6.29 Å². The van der Waals surface area contributed by atoms with Crippen LogP contribution < -0.4 is 4.74 Å². The number of aliphatic hydroxyl groups is 6. The van der Waals surface area contributed by atoms with Crippen molar-refractivity contribution in [2.24, 2.45) is 5.92 Å². The third-order valence-corrected chi connectivity index (χ3v) is 6.98. The number of carbonyl (C=O) groups excluding carboxylic acids is 1. The van der Waals surface area contributed by atoms with Crippen molar-refractivity contribution >= 4 is 12.0 Å². The van der Waals surface area contributed by atoms with Crippen LogP contribution in [0.2, 0.25) is 0 Å². The Morgan fingerprint density at radius 2 is 1.78 bits per heavy atom. The lowest BCUT2D eigenvalue weighted by molar-refractivity contribution is -0.351. The van der Waals surface area contributed by atoms with Gasteiger partial charge in [-0.1, -0.05) is 12.1 Å². The number of carbonyl (C=O) groups is 1. The Hall–Kier alpha value is -2.55. The smallest absolute Gasteiger partial charge is 0.330 e. The van der Waals surface area contributed by atoms with Crippen molar-refractivity contribution < 1.29 is 59.1 Å². The molecule has 12 nitrogen and oxygen atoms in total. The van der Waals surface area contributed by atoms with E-state index in [9.17, 15) is 35.4 Å². The van der Waals surface area contributed by atoms with Gasteiger partial charge in [0.1, 0.15) is 42.4 Å². The highest BCUT2D eigenvalue weighted by Gasteiger charge is 2.64. The van der Waals surface area contributed by atoms with Crippen molar-refractivity contribution in [1.82, 2.24) is 0 Å². The summed E-state index contributed by atoms with van der Waals surface area (Å²) >= 11 is 0. The van der Waals surface area contributed by atoms with Crippen LogP contribution in [0.4, 0.5) is 0 Å². The van der Waals surface area contributed by atoms with Gasteiger partial charge in [-0.2, -0.15) is 0 Å². The van der Waals surface area contributed by atoms with E-state index in [0.717, 1.165) is 6.26 Å². The summed E-state index contributed by atoms with van der Waals surface area (Å²) in [5, 5.41) is 63.1. The lowest BCUT2D eigenvalue weighted by Gasteiger charge is -2.45. The molecule has 1 aliphatic carbocycles. The Balaban J connectivity index is 1.39. The summed E-state index contributed by atoms with van der Waals surface area (Å²) in [4.78, 5) is 12.2. The lowest BCUT2D eigenvalue weighted by Crippen LogP contribution is -2.62. The first-order valence-corrected chi connectivity index (χ1v) is 11.8. The van der Waals surface area contributed by atoms with Crippen molar-refractivity contribution in [1.29, 1.82) is 0 Å². The fraction of sp³-hybridized carbons (Fsp3) is 0.560. The largest absolute Gasteiger partial charge is 0.497 e. The molecule has 0 radical (unpaired) electrons. The third-order valence-electron chi connectivity index (χ3n) is 6.98. The van der Waals surface area contributed by atoms with E-state index in [1.165, 1.54) is 32.3 Å². The number of hydrogen-bond acceptors (Lipinski definition) is 12. The molecule has 204 valence electrons. The van der Waals surface area contributed by atoms with E-state index in [1.54, 1.807) is 24.3 Å². The van der Waals surface area contributed by atoms with Crippen LogP contribution in [0.5, 0.6) is 5.75 Å². The maximum absolute atomic E-state index is 12.2. The minimum Gasteiger partial charge on any atom is -0.497 e. The van der Waals surface area contributed by atoms with Crippen molar-refractivity contribution in [2.45, 2.75) is 67.6 Å². The topological polar surface area (TPSA) is 185 Å². The molecule has 37 heavy (non-hydrogen) atoms. The molecule has 6 N–H and O–H groups in total. The van der Waals surface area contributed by atoms with Crippen molar-refractivity contribution in [3.05, 3.63) is 48.2 Å². The highest BCUT2D eigenvalue weighted by molar-refractivity contribution is 5.87. The molecule has 0 bridgehead atoms. The maximum Gasteiger partial charge on any atom is 0.330 e. The quantitative estimate of drug-likeness (QED) is 0.185. The summed E-state index contributed by atoms with van der Waals surface area (Å²) in [6.45, 7) is 0.919. The van der Waals surface area contributed by atoms with Gasteiger partial charge in [0, 0.05) is 12.5 Å². The normalized spacial score (nSPS) is 41.3. The molecule has 0 unspecified atom stereocenters. The Kier molecular flexibility index (Phi) is 7.93. The predicted octanol–water partition coefficient (Wildman–Crippen LogP) is -1.19. The molecule has 1 saturated carbocycles. The number of aliphatic hydroxyl groups excluding tert-OH is 4. The monoisotopic (exact) mass is 524 g/mol. The Morgan fingerprint density at radius 1 is 1.08 bits per heavy atom. The number of methoxy groups -OCH3 is 1. The number of hydrogen-bond donors (Lipinski definition) is 6. The molecule has 1 aromatic carbocycles. The van der Waals surface area contributed by atoms with Gasteiger partial charge in [-0.25, -0.2) is 4.79 Å². The Morgan fingerprint density at radius 3 is 2.46 bits per heavy atom. The fourth-order valence-corrected chi connectivity index (χ4v) is 4.92. The standard InChI is InChI=1S/C25H32O12/c1-24(31)11-16(26)25(32)9-10-34-23(21(24)25)37-22-20(30)19(29)18(28)15(36-22)12-35-17(27)8-5-13-3-6-14(33-2)7-4-13/h3-10,15-16,18-23,26,28-32H,11-12H2,1-2H3/t15-,16-,18+,19-,20-,21+,22-,23-,24+,25-/m1/s1. The van der Waals surface area contributed by atoms with Crippen LogP contribution in [0, 0.1) is 5.92 Å². The van der Waals surface area contributed by atoms with Gasteiger partial charge < -0.3 is 54.3 Å². The highest BCUT2D eigenvalue weighted by atomic mass is 16.8. The van der Waals surface area contributed by atoms with Gasteiger partial charge in [-0.05, 0) is 36.8 Å². The minimum absolute atomic E-state index is 0.167. The third kappa shape index (κ3) is 5.52. The van der Waals surface area contributed by atoms with Crippen LogP contribution in [0.3, 0.4) is 0 Å². The maximum atomic E-state index is 12.2. The Bertz CT molecular complexity index is 1010. The first-order valence-electron chi connectivity index (χ1n) is 11.8. The zero-order valence-electron chi connectivity index (χ0n) is 20.3. The van der Waals surface area contributed by atoms with Crippen LogP contribution in [0.1, 0.15) is 18.9 Å². The minimum atomic E-state index is -1.87. The molecule has 2 aliphatic heterocycles. The number of esters is 1. The zero-order valence-corrected chi connectivity index (χ0v) is 20.3. The van der Waals surface area contributed by atoms with E-state index >= 15 is 0 Å². The second-order valence-electron chi connectivity index (χ2n) is 9.64. The molecule has 0 amide bonds. The van der Waals surface area contributed by atoms with Gasteiger partial charge in [0.15, 0.2) is 6.29 Å². The summed E-state index contributed by atoms with van der Waals surface area (Å²) in [6.07, 6.45) is -5.83. The highest BCUT2D eigenvalue weighted by Crippen LogP contribution is 2.49. The first-order chi connectivity index (χ1) is 17.5. The van der Waals surface area contributed by atoms with E-state index in [2.05, 4.69) is 0 Å². The molecule has 3 aliphatic rings. The van der Waals surface area contributed by atoms with Crippen molar-refractivity contribution in [3.63, 3.8) is 0 Å². The molecule has 2 fully saturated rings. The van der Waals surface area contributed by atoms with Crippen LogP contribution in [0.25, 0.3) is 6.08 Å². The summed E-state index contributed by atoms with van der Waals surface area (Å²) in [6, 6.07) is 6.92. The molecule has 1 aromatic rings. The molecule has 0 spiro atoms. The molecule has 12 heteroatoms. The molecular weight excluding hydrogens is 492 g/mol. The summed E-state index contributed by atoms with van der Waals surface area (Å²) < 4.78 is 26.9. The molecule has 10 atom stereocenters. The number of fused-ring (bicyclic) bond motifs is 1. The molecular formula is C25H32O12. The molecule has 1 saturated heterocycles. The van der Waals surface area contributed by atoms with Gasteiger partial charge in [0.05, 0.1) is 31.0 Å². The summed E-state index contributed by atoms with van der Waals surface area (Å²) in [7, 11) is 1.54. The van der Waals surface area contributed by atoms with Crippen LogP contribution in [-0.2, 0) is 23.7 Å². The number of rotatable bonds is 7. The second kappa shape index (κ2) is 10.7. The van der Waals surface area contributed by atoms with Crippen LogP contribution in [0.15, 0.2) is 42.7 Å². The number of ether oxygens (including phenoxy) is 5. The van der Waals surface area contributed by atoms with Gasteiger partial charge >= 0.3 is 5.97 Å². The van der Waals surface area contributed by atoms with E-state index in [1.807, 2.05) is 0 Å². The molecule has 0 aromatic heterocycles. The summed E-state index contributed by atoms with van der Waals surface area (Å²) in [5.74, 6) is -1.25. The van der Waals surface area contributed by atoms with Gasteiger partial charge in [-0.15, -0.1) is 0 Å². The second-order valence-corrected chi connectivity index (χ2v) is 9.64. The molecule has 4 rings (SSSR count). The van der Waals surface area contributed by atoms with Crippen molar-refractivity contribution in [2.75, 3.05) is 13.7 Å². The number of benzene rings is 1. The average molecular weight is 525 g/mol. The molecule has 2 heterocycles. The summed E-state index contributed by atoms with van der Waals surface area (Å²) in [5.41, 5.74) is -2.75. The lowest BCUT2D eigenvalue weighted by atomic mass is 9.81. The van der Waals surface area contributed by atoms with Crippen LogP contribution in [-0.4, -0.2) is 105 Å². The van der Waals surface area contributed by atoms with E-state index < -0.39 is 72.8 Å². The SMILES string of the molecule is COc1ccc(C=CC(=O)OC[C@H]2O[C@H](O[C@H]3OC=C[C@@]4(O)[C@H](O)C[C@](C)(O)[C@H]34)[C@H](O)[C@H](O)[C@H]2O)cc1. The van der Waals surface area contributed by atoms with Crippen molar-refractivity contribution in [3.8, 4) is 5.75 Å². The van der Waals surface area contributed by atoms with E-state index in [-0.39, 0.29) is 6.42 Å². The van der Waals surface area contributed by atoms with Crippen LogP contribution >= 0.6 is 0 Å². The average Bonchev–Trinajstić information content (AvgIpc) is 3.06. The van der Waals surface area contributed by atoms with E-state index in [0.29, 0.717) is 11.3 Å². The first kappa shape index (κ1) is 27.5. The zero-order chi connectivity index (χ0) is 27.0.